The van der Waals surface area contributed by atoms with Crippen LogP contribution in [0.1, 0.15) is 18.1 Å². The number of hydrogen-bond donors (Lipinski definition) is 1. The molecule has 0 aromatic heterocycles. The highest BCUT2D eigenvalue weighted by Gasteiger charge is 2.15. The largest absolute Gasteiger partial charge is 0.481 e. The lowest BCUT2D eigenvalue weighted by molar-refractivity contribution is -0.155. The SMILES string of the molecule is Cc1cccc(C)c1OCC(=O)O[C@H](C)C(N)=O. The number of carbonyl (C=O) groups excluding carboxylic acids is 2. The fourth-order valence-corrected chi connectivity index (χ4v) is 1.45. The van der Waals surface area contributed by atoms with Crippen molar-refractivity contribution in [3.05, 3.63) is 29.3 Å². The lowest BCUT2D eigenvalue weighted by Crippen LogP contribution is -2.32. The van der Waals surface area contributed by atoms with Crippen molar-refractivity contribution in [2.45, 2.75) is 26.9 Å². The van der Waals surface area contributed by atoms with Gasteiger partial charge in [0.25, 0.3) is 5.91 Å². The number of ether oxygens (including phenoxy) is 2. The normalized spacial score (nSPS) is 11.7. The van der Waals surface area contributed by atoms with Gasteiger partial charge in [-0.25, -0.2) is 4.79 Å². The molecule has 0 heterocycles. The van der Waals surface area contributed by atoms with E-state index in [1.54, 1.807) is 0 Å². The Morgan fingerprint density at radius 3 is 2.33 bits per heavy atom. The molecular formula is C13H17NO4. The summed E-state index contributed by atoms with van der Waals surface area (Å²) in [5.74, 6) is -0.652. The van der Waals surface area contributed by atoms with Gasteiger partial charge in [-0.2, -0.15) is 0 Å². The van der Waals surface area contributed by atoms with Crippen molar-refractivity contribution in [3.63, 3.8) is 0 Å². The van der Waals surface area contributed by atoms with Gasteiger partial charge in [-0.3, -0.25) is 4.79 Å². The summed E-state index contributed by atoms with van der Waals surface area (Å²) < 4.78 is 10.2. The maximum absolute atomic E-state index is 11.4. The Balaban J connectivity index is 2.55. The molecule has 5 heteroatoms. The number of para-hydroxylation sites is 1. The van der Waals surface area contributed by atoms with E-state index < -0.39 is 18.0 Å². The Bertz CT molecular complexity index is 436. The molecule has 0 aliphatic rings. The minimum Gasteiger partial charge on any atom is -0.481 e. The second kappa shape index (κ2) is 6.05. The van der Waals surface area contributed by atoms with E-state index in [9.17, 15) is 9.59 Å². The second-order valence-corrected chi connectivity index (χ2v) is 4.04. The van der Waals surface area contributed by atoms with E-state index in [0.29, 0.717) is 5.75 Å². The molecule has 0 unspecified atom stereocenters. The first-order valence-electron chi connectivity index (χ1n) is 5.59. The number of rotatable bonds is 5. The van der Waals surface area contributed by atoms with Gasteiger partial charge in [-0.15, -0.1) is 0 Å². The smallest absolute Gasteiger partial charge is 0.344 e. The summed E-state index contributed by atoms with van der Waals surface area (Å²) in [6.07, 6.45) is -0.945. The number of carbonyl (C=O) groups is 2. The number of hydrogen-bond acceptors (Lipinski definition) is 4. The number of benzene rings is 1. The Labute approximate surface area is 106 Å². The molecule has 1 aromatic carbocycles. The first kappa shape index (κ1) is 14.0. The van der Waals surface area contributed by atoms with Crippen molar-refractivity contribution in [2.24, 2.45) is 5.73 Å². The number of esters is 1. The quantitative estimate of drug-likeness (QED) is 0.795. The molecule has 5 nitrogen and oxygen atoms in total. The number of amides is 1. The van der Waals surface area contributed by atoms with Crippen LogP contribution < -0.4 is 10.5 Å². The van der Waals surface area contributed by atoms with Crippen molar-refractivity contribution >= 4 is 11.9 Å². The Kier molecular flexibility index (Phi) is 4.71. The maximum Gasteiger partial charge on any atom is 0.344 e. The highest BCUT2D eigenvalue weighted by Crippen LogP contribution is 2.22. The average Bonchev–Trinajstić information content (AvgIpc) is 2.28. The van der Waals surface area contributed by atoms with Crippen LogP contribution in [-0.2, 0) is 14.3 Å². The van der Waals surface area contributed by atoms with E-state index in [4.69, 9.17) is 15.2 Å². The van der Waals surface area contributed by atoms with Gasteiger partial charge in [-0.1, -0.05) is 18.2 Å². The summed E-state index contributed by atoms with van der Waals surface area (Å²) in [4.78, 5) is 22.1. The third-order valence-corrected chi connectivity index (χ3v) is 2.45. The number of nitrogens with two attached hydrogens (primary N) is 1. The molecule has 0 spiro atoms. The van der Waals surface area contributed by atoms with E-state index >= 15 is 0 Å². The minimum atomic E-state index is -0.945. The molecule has 1 aromatic rings. The predicted octanol–water partition coefficient (Wildman–Crippen LogP) is 1.10. The van der Waals surface area contributed by atoms with Crippen LogP contribution in [0, 0.1) is 13.8 Å². The first-order valence-corrected chi connectivity index (χ1v) is 5.59. The van der Waals surface area contributed by atoms with Gasteiger partial charge in [0.05, 0.1) is 0 Å². The monoisotopic (exact) mass is 251 g/mol. The van der Waals surface area contributed by atoms with Crippen molar-refractivity contribution < 1.29 is 19.1 Å². The molecule has 0 fully saturated rings. The van der Waals surface area contributed by atoms with Crippen molar-refractivity contribution in [3.8, 4) is 5.75 Å². The van der Waals surface area contributed by atoms with E-state index in [-0.39, 0.29) is 6.61 Å². The molecular weight excluding hydrogens is 234 g/mol. The van der Waals surface area contributed by atoms with Crippen molar-refractivity contribution in [1.29, 1.82) is 0 Å². The first-order chi connectivity index (χ1) is 8.41. The van der Waals surface area contributed by atoms with Crippen molar-refractivity contribution in [1.82, 2.24) is 0 Å². The lowest BCUT2D eigenvalue weighted by atomic mass is 10.1. The molecule has 98 valence electrons. The van der Waals surface area contributed by atoms with Crippen LogP contribution in [0.25, 0.3) is 0 Å². The summed E-state index contributed by atoms with van der Waals surface area (Å²) >= 11 is 0. The molecule has 0 saturated carbocycles. The van der Waals surface area contributed by atoms with Gasteiger partial charge in [-0.05, 0) is 31.9 Å². The fourth-order valence-electron chi connectivity index (χ4n) is 1.45. The Hall–Kier alpha value is -2.04. The zero-order chi connectivity index (χ0) is 13.7. The third-order valence-electron chi connectivity index (χ3n) is 2.45. The standard InChI is InChI=1S/C13H17NO4/c1-8-5-4-6-9(2)12(8)17-7-11(15)18-10(3)13(14)16/h4-6,10H,7H2,1-3H3,(H2,14,16)/t10-/m1/s1. The summed E-state index contributed by atoms with van der Waals surface area (Å²) in [6, 6.07) is 5.68. The minimum absolute atomic E-state index is 0.247. The molecule has 1 amide bonds. The van der Waals surface area contributed by atoms with Crippen LogP contribution in [0.15, 0.2) is 18.2 Å². The molecule has 1 rings (SSSR count). The third kappa shape index (κ3) is 3.76. The van der Waals surface area contributed by atoms with Crippen LogP contribution in [-0.4, -0.2) is 24.6 Å². The molecule has 2 N–H and O–H groups in total. The van der Waals surface area contributed by atoms with Crippen LogP contribution in [0.5, 0.6) is 5.75 Å². The molecule has 18 heavy (non-hydrogen) atoms. The maximum atomic E-state index is 11.4. The Morgan fingerprint density at radius 2 is 1.83 bits per heavy atom. The lowest BCUT2D eigenvalue weighted by Gasteiger charge is -2.13. The number of aryl methyl sites for hydroxylation is 2. The zero-order valence-corrected chi connectivity index (χ0v) is 10.7. The van der Waals surface area contributed by atoms with E-state index in [0.717, 1.165) is 11.1 Å². The van der Waals surface area contributed by atoms with Gasteiger partial charge in [0.1, 0.15) is 5.75 Å². The molecule has 0 radical (unpaired) electrons. The van der Waals surface area contributed by atoms with Gasteiger partial charge < -0.3 is 15.2 Å². The molecule has 0 bridgehead atoms. The van der Waals surface area contributed by atoms with Gasteiger partial charge in [0, 0.05) is 0 Å². The average molecular weight is 251 g/mol. The van der Waals surface area contributed by atoms with Crippen LogP contribution in [0.4, 0.5) is 0 Å². The van der Waals surface area contributed by atoms with Crippen LogP contribution >= 0.6 is 0 Å². The van der Waals surface area contributed by atoms with Crippen LogP contribution in [0.2, 0.25) is 0 Å². The fraction of sp³-hybridized carbons (Fsp3) is 0.385. The summed E-state index contributed by atoms with van der Waals surface area (Å²) in [5.41, 5.74) is 6.85. The van der Waals surface area contributed by atoms with Crippen LogP contribution in [0.3, 0.4) is 0 Å². The molecule has 0 aliphatic carbocycles. The van der Waals surface area contributed by atoms with Gasteiger partial charge in [0.15, 0.2) is 12.7 Å². The van der Waals surface area contributed by atoms with Crippen molar-refractivity contribution in [2.75, 3.05) is 6.61 Å². The summed E-state index contributed by atoms with van der Waals surface area (Å²) in [5, 5.41) is 0. The van der Waals surface area contributed by atoms with E-state index in [1.165, 1.54) is 6.92 Å². The predicted molar refractivity (Wildman–Crippen MR) is 66.2 cm³/mol. The van der Waals surface area contributed by atoms with E-state index in [1.807, 2.05) is 32.0 Å². The number of primary amides is 1. The molecule has 0 aliphatic heterocycles. The zero-order valence-electron chi connectivity index (χ0n) is 10.7. The second-order valence-electron chi connectivity index (χ2n) is 4.04. The topological polar surface area (TPSA) is 78.6 Å². The van der Waals surface area contributed by atoms with E-state index in [2.05, 4.69) is 0 Å². The summed E-state index contributed by atoms with van der Waals surface area (Å²) in [7, 11) is 0. The highest BCUT2D eigenvalue weighted by atomic mass is 16.6. The van der Waals surface area contributed by atoms with Gasteiger partial charge in [0.2, 0.25) is 0 Å². The Morgan fingerprint density at radius 1 is 1.28 bits per heavy atom. The highest BCUT2D eigenvalue weighted by molar-refractivity contribution is 5.82. The molecule has 1 atom stereocenters. The van der Waals surface area contributed by atoms with Gasteiger partial charge >= 0.3 is 5.97 Å². The summed E-state index contributed by atoms with van der Waals surface area (Å²) in [6.45, 7) is 4.95. The molecule has 0 saturated heterocycles.